The first-order valence-electron chi connectivity index (χ1n) is 8.39. The van der Waals surface area contributed by atoms with Gasteiger partial charge in [0.05, 0.1) is 23.8 Å². The highest BCUT2D eigenvalue weighted by atomic mass is 16.4. The molecule has 1 aliphatic rings. The summed E-state index contributed by atoms with van der Waals surface area (Å²) < 4.78 is 4.97. The van der Waals surface area contributed by atoms with E-state index in [1.165, 1.54) is 10.6 Å². The molecule has 1 fully saturated rings. The van der Waals surface area contributed by atoms with Gasteiger partial charge in [-0.2, -0.15) is 0 Å². The number of carbonyl (C=O) groups is 1. The third-order valence-electron chi connectivity index (χ3n) is 4.79. The van der Waals surface area contributed by atoms with Gasteiger partial charge in [0.1, 0.15) is 11.5 Å². The fourth-order valence-corrected chi connectivity index (χ4v) is 3.48. The number of nitrogens with zero attached hydrogens (tertiary/aromatic N) is 5. The molecule has 3 aromatic heterocycles. The molecule has 4 aromatic rings. The third kappa shape index (κ3) is 2.08. The van der Waals surface area contributed by atoms with Crippen molar-refractivity contribution in [2.45, 2.75) is 25.4 Å². The van der Waals surface area contributed by atoms with E-state index in [1.54, 1.807) is 16.8 Å². The van der Waals surface area contributed by atoms with E-state index in [0.29, 0.717) is 11.5 Å². The molecule has 26 heavy (non-hydrogen) atoms. The number of aromatic carboxylic acids is 1. The van der Waals surface area contributed by atoms with E-state index in [9.17, 15) is 14.7 Å². The molecule has 5 rings (SSSR count). The molecule has 8 heteroatoms. The van der Waals surface area contributed by atoms with Gasteiger partial charge in [-0.3, -0.25) is 13.5 Å². The first-order chi connectivity index (χ1) is 12.6. The number of para-hydroxylation sites is 2. The molecule has 0 aliphatic heterocycles. The molecule has 0 bridgehead atoms. The summed E-state index contributed by atoms with van der Waals surface area (Å²) in [6, 6.07) is 9.55. The molecule has 1 N–H and O–H groups in total. The van der Waals surface area contributed by atoms with E-state index in [4.69, 9.17) is 0 Å². The van der Waals surface area contributed by atoms with Gasteiger partial charge >= 0.3 is 11.7 Å². The molecule has 0 unspecified atom stereocenters. The van der Waals surface area contributed by atoms with Crippen molar-refractivity contribution in [3.05, 3.63) is 64.7 Å². The Hall–Kier alpha value is -3.42. The number of imidazole rings is 2. The summed E-state index contributed by atoms with van der Waals surface area (Å²) in [7, 11) is 0. The van der Waals surface area contributed by atoms with Gasteiger partial charge in [0.2, 0.25) is 0 Å². The zero-order valence-electron chi connectivity index (χ0n) is 13.7. The van der Waals surface area contributed by atoms with Crippen molar-refractivity contribution >= 4 is 22.6 Å². The van der Waals surface area contributed by atoms with Crippen molar-refractivity contribution in [2.75, 3.05) is 0 Å². The van der Waals surface area contributed by atoms with E-state index >= 15 is 0 Å². The smallest absolute Gasteiger partial charge is 0.354 e. The number of carboxylic acid groups (broad SMARTS) is 1. The maximum atomic E-state index is 13.0. The zero-order valence-corrected chi connectivity index (χ0v) is 13.7. The monoisotopic (exact) mass is 349 g/mol. The summed E-state index contributed by atoms with van der Waals surface area (Å²) in [5.41, 5.74) is 2.15. The molecule has 130 valence electrons. The van der Waals surface area contributed by atoms with E-state index in [2.05, 4.69) is 9.97 Å². The normalized spacial score (nSPS) is 14.3. The molecule has 3 heterocycles. The minimum atomic E-state index is -1.08. The maximum absolute atomic E-state index is 13.0. The van der Waals surface area contributed by atoms with Crippen LogP contribution in [0.25, 0.3) is 16.7 Å². The summed E-state index contributed by atoms with van der Waals surface area (Å²) in [6.45, 7) is 0.174. The lowest BCUT2D eigenvalue weighted by atomic mass is 10.3. The Morgan fingerprint density at radius 1 is 1.15 bits per heavy atom. The third-order valence-corrected chi connectivity index (χ3v) is 4.79. The lowest BCUT2D eigenvalue weighted by Crippen LogP contribution is -2.25. The van der Waals surface area contributed by atoms with Gasteiger partial charge in [0.15, 0.2) is 5.69 Å². The molecule has 8 nitrogen and oxygen atoms in total. The minimum Gasteiger partial charge on any atom is -0.477 e. The van der Waals surface area contributed by atoms with Crippen LogP contribution in [0.3, 0.4) is 0 Å². The van der Waals surface area contributed by atoms with E-state index in [0.717, 1.165) is 23.9 Å². The second kappa shape index (κ2) is 5.29. The highest BCUT2D eigenvalue weighted by molar-refractivity contribution is 5.86. The largest absolute Gasteiger partial charge is 0.477 e. The van der Waals surface area contributed by atoms with Crippen molar-refractivity contribution in [3.8, 4) is 0 Å². The van der Waals surface area contributed by atoms with Crippen LogP contribution in [-0.2, 0) is 6.54 Å². The van der Waals surface area contributed by atoms with Gasteiger partial charge in [-0.15, -0.1) is 0 Å². The Morgan fingerprint density at radius 3 is 2.65 bits per heavy atom. The van der Waals surface area contributed by atoms with Crippen molar-refractivity contribution in [1.29, 1.82) is 0 Å². The predicted octanol–water partition coefficient (Wildman–Crippen LogP) is 1.93. The van der Waals surface area contributed by atoms with Gasteiger partial charge in [0.25, 0.3) is 0 Å². The van der Waals surface area contributed by atoms with Gasteiger partial charge in [0, 0.05) is 12.2 Å². The van der Waals surface area contributed by atoms with E-state index in [1.807, 2.05) is 28.8 Å². The number of hydrogen-bond donors (Lipinski definition) is 1. The quantitative estimate of drug-likeness (QED) is 0.607. The molecule has 0 atom stereocenters. The number of benzene rings is 1. The summed E-state index contributed by atoms with van der Waals surface area (Å²) in [5.74, 6) is -0.627. The van der Waals surface area contributed by atoms with Crippen LogP contribution in [0, 0.1) is 0 Å². The lowest BCUT2D eigenvalue weighted by Gasteiger charge is -2.07. The number of aromatic nitrogens is 5. The van der Waals surface area contributed by atoms with Gasteiger partial charge in [-0.1, -0.05) is 12.1 Å². The molecule has 0 radical (unpaired) electrons. The van der Waals surface area contributed by atoms with Crippen LogP contribution in [0.2, 0.25) is 0 Å². The van der Waals surface area contributed by atoms with Crippen LogP contribution in [0.1, 0.15) is 35.2 Å². The Morgan fingerprint density at radius 2 is 1.92 bits per heavy atom. The standard InChI is InChI=1S/C18H15N5O3/c24-17(25)14-9-20-15-7-8-19-16(23(14)15)10-21-12-3-1-2-4-13(12)22(18(21)26)11-5-6-11/h1-4,7-9,11H,5-6,10H2,(H,24,25). The fraction of sp³-hybridized carbons (Fsp3) is 0.222. The zero-order chi connectivity index (χ0) is 17.8. The molecule has 0 saturated heterocycles. The summed E-state index contributed by atoms with van der Waals surface area (Å²) in [5, 5.41) is 9.41. The van der Waals surface area contributed by atoms with Crippen LogP contribution >= 0.6 is 0 Å². The summed E-state index contributed by atoms with van der Waals surface area (Å²) >= 11 is 0. The maximum Gasteiger partial charge on any atom is 0.354 e. The van der Waals surface area contributed by atoms with Gasteiger partial charge in [-0.05, 0) is 31.0 Å². The number of rotatable bonds is 4. The summed E-state index contributed by atoms with van der Waals surface area (Å²) in [6.07, 6.45) is 4.90. The lowest BCUT2D eigenvalue weighted by molar-refractivity contribution is 0.0689. The molecule has 1 aliphatic carbocycles. The fourth-order valence-electron chi connectivity index (χ4n) is 3.48. The molecular formula is C18H15N5O3. The summed E-state index contributed by atoms with van der Waals surface area (Å²) in [4.78, 5) is 33.0. The van der Waals surface area contributed by atoms with Crippen LogP contribution in [0.5, 0.6) is 0 Å². The molecular weight excluding hydrogens is 334 g/mol. The van der Waals surface area contributed by atoms with Gasteiger partial charge in [-0.25, -0.2) is 19.6 Å². The second-order valence-electron chi connectivity index (χ2n) is 6.46. The first-order valence-corrected chi connectivity index (χ1v) is 8.39. The molecule has 1 saturated carbocycles. The Balaban J connectivity index is 1.73. The number of fused-ring (bicyclic) bond motifs is 2. The predicted molar refractivity (Wildman–Crippen MR) is 93.5 cm³/mol. The van der Waals surface area contributed by atoms with Crippen LogP contribution in [0.4, 0.5) is 0 Å². The average molecular weight is 349 g/mol. The number of carboxylic acids is 1. The Labute approximate surface area is 147 Å². The topological polar surface area (TPSA) is 94.4 Å². The number of hydrogen-bond acceptors (Lipinski definition) is 4. The van der Waals surface area contributed by atoms with Crippen molar-refractivity contribution in [2.24, 2.45) is 0 Å². The van der Waals surface area contributed by atoms with Crippen LogP contribution < -0.4 is 5.69 Å². The minimum absolute atomic E-state index is 0.0297. The second-order valence-corrected chi connectivity index (χ2v) is 6.46. The molecule has 0 spiro atoms. The van der Waals surface area contributed by atoms with Gasteiger partial charge < -0.3 is 5.11 Å². The van der Waals surface area contributed by atoms with E-state index < -0.39 is 5.97 Å². The first kappa shape index (κ1) is 14.9. The Kier molecular flexibility index (Phi) is 3.03. The van der Waals surface area contributed by atoms with Crippen molar-refractivity contribution in [1.82, 2.24) is 23.5 Å². The van der Waals surface area contributed by atoms with Crippen molar-refractivity contribution < 1.29 is 9.90 Å². The molecule has 1 aromatic carbocycles. The molecule has 0 amide bonds. The van der Waals surface area contributed by atoms with Crippen LogP contribution in [0.15, 0.2) is 47.5 Å². The van der Waals surface area contributed by atoms with E-state index in [-0.39, 0.29) is 24.0 Å². The Bertz CT molecular complexity index is 1230. The highest BCUT2D eigenvalue weighted by Gasteiger charge is 2.29. The highest BCUT2D eigenvalue weighted by Crippen LogP contribution is 2.36. The average Bonchev–Trinajstić information content (AvgIpc) is 3.30. The van der Waals surface area contributed by atoms with Crippen molar-refractivity contribution in [3.63, 3.8) is 0 Å². The van der Waals surface area contributed by atoms with Crippen LogP contribution in [-0.4, -0.2) is 34.6 Å². The SMILES string of the molecule is O=C(O)c1cnc2ccnc(Cn3c(=O)n(C4CC4)c4ccccc43)n12.